The molecular formula is C14H15FN2O4. The standard InChI is InChI=1S/C14H15FN2O4/c1-2-21-13(19)11(15)17-12(18)10(16-14(17)20)8-9-6-4-3-5-7-9/h3-7,10-11H,2,8H2,1H3,(H,16,20). The van der Waals surface area contributed by atoms with E-state index in [2.05, 4.69) is 10.1 Å². The molecule has 1 heterocycles. The molecule has 6 nitrogen and oxygen atoms in total. The summed E-state index contributed by atoms with van der Waals surface area (Å²) in [6, 6.07) is 7.19. The molecule has 1 aromatic rings. The van der Waals surface area contributed by atoms with E-state index in [1.54, 1.807) is 24.3 Å². The Kier molecular flexibility index (Phi) is 4.52. The third kappa shape index (κ3) is 3.18. The lowest BCUT2D eigenvalue weighted by Gasteiger charge is -2.16. The van der Waals surface area contributed by atoms with Gasteiger partial charge in [0.1, 0.15) is 6.04 Å². The van der Waals surface area contributed by atoms with Crippen molar-refractivity contribution >= 4 is 17.9 Å². The van der Waals surface area contributed by atoms with Crippen molar-refractivity contribution in [2.24, 2.45) is 0 Å². The topological polar surface area (TPSA) is 75.7 Å². The molecule has 2 unspecified atom stereocenters. The summed E-state index contributed by atoms with van der Waals surface area (Å²) in [5.74, 6) is -2.02. The average molecular weight is 294 g/mol. The lowest BCUT2D eigenvalue weighted by Crippen LogP contribution is -2.43. The Labute approximate surface area is 120 Å². The molecule has 1 aliphatic heterocycles. The van der Waals surface area contributed by atoms with Crippen molar-refractivity contribution in [2.45, 2.75) is 25.7 Å². The number of hydrogen-bond acceptors (Lipinski definition) is 4. The van der Waals surface area contributed by atoms with Gasteiger partial charge < -0.3 is 10.1 Å². The number of imide groups is 1. The zero-order valence-electron chi connectivity index (χ0n) is 11.4. The molecule has 0 aromatic heterocycles. The maximum Gasteiger partial charge on any atom is 0.362 e. The third-order valence-electron chi connectivity index (χ3n) is 3.04. The van der Waals surface area contributed by atoms with Gasteiger partial charge in [-0.2, -0.15) is 0 Å². The highest BCUT2D eigenvalue weighted by Crippen LogP contribution is 2.16. The van der Waals surface area contributed by atoms with Crippen LogP contribution in [0.3, 0.4) is 0 Å². The second-order valence-corrected chi connectivity index (χ2v) is 4.49. The monoisotopic (exact) mass is 294 g/mol. The molecule has 1 saturated heterocycles. The zero-order chi connectivity index (χ0) is 15.4. The molecular weight excluding hydrogens is 279 g/mol. The van der Waals surface area contributed by atoms with Crippen LogP contribution in [0, 0.1) is 0 Å². The van der Waals surface area contributed by atoms with Gasteiger partial charge in [0.2, 0.25) is 0 Å². The largest absolute Gasteiger partial charge is 0.462 e. The average Bonchev–Trinajstić information content (AvgIpc) is 2.74. The molecule has 1 aliphatic rings. The number of alkyl halides is 1. The number of esters is 1. The van der Waals surface area contributed by atoms with Crippen LogP contribution in [0.25, 0.3) is 0 Å². The van der Waals surface area contributed by atoms with Crippen molar-refractivity contribution < 1.29 is 23.5 Å². The fourth-order valence-corrected chi connectivity index (χ4v) is 2.07. The van der Waals surface area contributed by atoms with E-state index in [1.165, 1.54) is 6.92 Å². The first kappa shape index (κ1) is 15.0. The quantitative estimate of drug-likeness (QED) is 0.499. The van der Waals surface area contributed by atoms with E-state index in [4.69, 9.17) is 0 Å². The number of nitrogens with one attached hydrogen (secondary N) is 1. The van der Waals surface area contributed by atoms with Crippen LogP contribution in [-0.4, -0.2) is 41.8 Å². The summed E-state index contributed by atoms with van der Waals surface area (Å²) < 4.78 is 18.3. The van der Waals surface area contributed by atoms with Crippen molar-refractivity contribution in [3.8, 4) is 0 Å². The summed E-state index contributed by atoms with van der Waals surface area (Å²) >= 11 is 0. The van der Waals surface area contributed by atoms with Crippen LogP contribution in [-0.2, 0) is 20.7 Å². The molecule has 112 valence electrons. The van der Waals surface area contributed by atoms with Crippen LogP contribution in [0.1, 0.15) is 12.5 Å². The Balaban J connectivity index is 2.08. The highest BCUT2D eigenvalue weighted by atomic mass is 19.1. The van der Waals surface area contributed by atoms with Crippen LogP contribution >= 0.6 is 0 Å². The number of hydrogen-bond donors (Lipinski definition) is 1. The second kappa shape index (κ2) is 6.34. The van der Waals surface area contributed by atoms with Gasteiger partial charge >= 0.3 is 12.0 Å². The van der Waals surface area contributed by atoms with Gasteiger partial charge in [-0.25, -0.2) is 18.9 Å². The number of carbonyl (C=O) groups is 3. The Hall–Kier alpha value is -2.44. The second-order valence-electron chi connectivity index (χ2n) is 4.49. The van der Waals surface area contributed by atoms with Crippen molar-refractivity contribution in [3.05, 3.63) is 35.9 Å². The molecule has 0 spiro atoms. The molecule has 0 saturated carbocycles. The molecule has 7 heteroatoms. The van der Waals surface area contributed by atoms with E-state index >= 15 is 0 Å². The lowest BCUT2D eigenvalue weighted by atomic mass is 10.1. The molecule has 2 atom stereocenters. The van der Waals surface area contributed by atoms with Crippen molar-refractivity contribution in [1.82, 2.24) is 10.2 Å². The summed E-state index contributed by atoms with van der Waals surface area (Å²) in [6.07, 6.45) is -2.18. The van der Waals surface area contributed by atoms with E-state index in [0.717, 1.165) is 5.56 Å². The number of amides is 3. The van der Waals surface area contributed by atoms with Gasteiger partial charge in [0.25, 0.3) is 12.2 Å². The number of urea groups is 1. The molecule has 21 heavy (non-hydrogen) atoms. The van der Waals surface area contributed by atoms with Gasteiger partial charge in [0.05, 0.1) is 6.61 Å². The van der Waals surface area contributed by atoms with E-state index < -0.39 is 30.2 Å². The maximum atomic E-state index is 13.9. The minimum atomic E-state index is -2.42. The highest BCUT2D eigenvalue weighted by Gasteiger charge is 2.45. The van der Waals surface area contributed by atoms with Crippen LogP contribution in [0.4, 0.5) is 9.18 Å². The smallest absolute Gasteiger partial charge is 0.362 e. The van der Waals surface area contributed by atoms with Gasteiger partial charge in [0.15, 0.2) is 0 Å². The van der Waals surface area contributed by atoms with Gasteiger partial charge in [-0.1, -0.05) is 30.3 Å². The molecule has 0 aliphatic carbocycles. The summed E-state index contributed by atoms with van der Waals surface area (Å²) in [5, 5.41) is 2.37. The number of nitrogens with zero attached hydrogens (tertiary/aromatic N) is 1. The van der Waals surface area contributed by atoms with E-state index in [1.807, 2.05) is 6.07 Å². The summed E-state index contributed by atoms with van der Waals surface area (Å²) in [4.78, 5) is 35.3. The molecule has 1 N–H and O–H groups in total. The van der Waals surface area contributed by atoms with Crippen LogP contribution in [0.2, 0.25) is 0 Å². The van der Waals surface area contributed by atoms with Crippen LogP contribution < -0.4 is 5.32 Å². The van der Waals surface area contributed by atoms with E-state index in [9.17, 15) is 18.8 Å². The molecule has 0 bridgehead atoms. The minimum Gasteiger partial charge on any atom is -0.462 e. The fourth-order valence-electron chi connectivity index (χ4n) is 2.07. The predicted molar refractivity (Wildman–Crippen MR) is 70.8 cm³/mol. The maximum absolute atomic E-state index is 13.9. The number of benzene rings is 1. The van der Waals surface area contributed by atoms with Gasteiger partial charge in [0, 0.05) is 6.42 Å². The molecule has 2 rings (SSSR count). The first-order chi connectivity index (χ1) is 10.0. The number of halogens is 1. The Bertz CT molecular complexity index is 549. The highest BCUT2D eigenvalue weighted by molar-refractivity contribution is 6.06. The number of ether oxygens (including phenoxy) is 1. The van der Waals surface area contributed by atoms with Crippen molar-refractivity contribution in [3.63, 3.8) is 0 Å². The van der Waals surface area contributed by atoms with Crippen LogP contribution in [0.5, 0.6) is 0 Å². The SMILES string of the molecule is CCOC(=O)C(F)N1C(=O)NC(Cc2ccccc2)C1=O. The normalized spacial score (nSPS) is 19.3. The van der Waals surface area contributed by atoms with E-state index in [-0.39, 0.29) is 17.9 Å². The first-order valence-corrected chi connectivity index (χ1v) is 6.52. The molecule has 3 amide bonds. The molecule has 1 aromatic carbocycles. The minimum absolute atomic E-state index is 0.0314. The fraction of sp³-hybridized carbons (Fsp3) is 0.357. The first-order valence-electron chi connectivity index (χ1n) is 6.52. The van der Waals surface area contributed by atoms with Gasteiger partial charge in [-0.05, 0) is 12.5 Å². The lowest BCUT2D eigenvalue weighted by molar-refractivity contribution is -0.158. The molecule has 1 fully saturated rings. The summed E-state index contributed by atoms with van der Waals surface area (Å²) in [5.41, 5.74) is 0.824. The van der Waals surface area contributed by atoms with Gasteiger partial charge in [-0.15, -0.1) is 0 Å². The zero-order valence-corrected chi connectivity index (χ0v) is 11.4. The van der Waals surface area contributed by atoms with E-state index in [0.29, 0.717) is 0 Å². The Morgan fingerprint density at radius 3 is 2.67 bits per heavy atom. The van der Waals surface area contributed by atoms with Crippen molar-refractivity contribution in [1.29, 1.82) is 0 Å². The Morgan fingerprint density at radius 1 is 1.38 bits per heavy atom. The summed E-state index contributed by atoms with van der Waals surface area (Å²) in [6.45, 7) is 1.48. The number of rotatable bonds is 5. The predicted octanol–water partition coefficient (Wildman–Crippen LogP) is 1.01. The van der Waals surface area contributed by atoms with Gasteiger partial charge in [-0.3, -0.25) is 4.79 Å². The summed E-state index contributed by atoms with van der Waals surface area (Å²) in [7, 11) is 0. The van der Waals surface area contributed by atoms with Crippen molar-refractivity contribution in [2.75, 3.05) is 6.61 Å². The molecule has 0 radical (unpaired) electrons. The van der Waals surface area contributed by atoms with Crippen LogP contribution in [0.15, 0.2) is 30.3 Å². The number of carbonyl (C=O) groups excluding carboxylic acids is 3. The Morgan fingerprint density at radius 2 is 2.05 bits per heavy atom. The third-order valence-corrected chi connectivity index (χ3v) is 3.04.